The Kier molecular flexibility index (Phi) is 7.72. The predicted octanol–water partition coefficient (Wildman–Crippen LogP) is 3.92. The number of thiazole rings is 1. The van der Waals surface area contributed by atoms with Gasteiger partial charge in [0.1, 0.15) is 11.6 Å². The van der Waals surface area contributed by atoms with Crippen molar-refractivity contribution in [2.75, 3.05) is 20.2 Å². The average Bonchev–Trinajstić information content (AvgIpc) is 3.07. The molecule has 0 aliphatic rings. The number of carbonyl (C=O) groups excluding carboxylic acids is 1. The molecule has 1 aromatic carbocycles. The molecule has 0 fully saturated rings. The lowest BCUT2D eigenvalue weighted by Crippen LogP contribution is -2.41. The van der Waals surface area contributed by atoms with E-state index in [2.05, 4.69) is 24.1 Å². The van der Waals surface area contributed by atoms with E-state index in [4.69, 9.17) is 9.47 Å². The molecule has 0 bridgehead atoms. The summed E-state index contributed by atoms with van der Waals surface area (Å²) in [6, 6.07) is 7.48. The number of benzene rings is 1. The molecule has 1 N–H and O–H groups in total. The van der Waals surface area contributed by atoms with Gasteiger partial charge in [-0.15, -0.1) is 11.3 Å². The quantitative estimate of drug-likeness (QED) is 0.719. The van der Waals surface area contributed by atoms with Crippen molar-refractivity contribution in [1.82, 2.24) is 15.2 Å². The van der Waals surface area contributed by atoms with E-state index in [-0.39, 0.29) is 6.03 Å². The fourth-order valence-electron chi connectivity index (χ4n) is 2.48. The fraction of sp³-hybridized carbons (Fsp3) is 0.474. The van der Waals surface area contributed by atoms with E-state index in [1.165, 1.54) is 11.3 Å². The van der Waals surface area contributed by atoms with E-state index in [9.17, 15) is 4.79 Å². The highest BCUT2D eigenvalue weighted by Gasteiger charge is 2.16. The molecule has 0 spiro atoms. The molecule has 7 heteroatoms. The molecule has 2 rings (SSSR count). The van der Waals surface area contributed by atoms with Crippen LogP contribution in [-0.2, 0) is 13.2 Å². The van der Waals surface area contributed by atoms with Crippen molar-refractivity contribution in [3.05, 3.63) is 40.3 Å². The number of aromatic nitrogens is 1. The molecule has 142 valence electrons. The lowest BCUT2D eigenvalue weighted by Gasteiger charge is -2.23. The monoisotopic (exact) mass is 377 g/mol. The molecule has 0 saturated heterocycles. The van der Waals surface area contributed by atoms with Crippen molar-refractivity contribution in [3.63, 3.8) is 0 Å². The minimum atomic E-state index is -0.0546. The standard InChI is InChI=1S/C19H27N3O3S/c1-5-20-19(23)22(10-14(2)3)11-15-13-26-18(21-15)12-25-17-9-7-6-8-16(17)24-4/h6-9,13-14H,5,10-12H2,1-4H3,(H,20,23). The molecule has 0 radical (unpaired) electrons. The van der Waals surface area contributed by atoms with Crippen molar-refractivity contribution < 1.29 is 14.3 Å². The van der Waals surface area contributed by atoms with E-state index >= 15 is 0 Å². The number of amides is 2. The van der Waals surface area contributed by atoms with Crippen LogP contribution in [0.4, 0.5) is 4.79 Å². The van der Waals surface area contributed by atoms with Gasteiger partial charge in [-0.1, -0.05) is 26.0 Å². The maximum Gasteiger partial charge on any atom is 0.317 e. The van der Waals surface area contributed by atoms with E-state index in [1.807, 2.05) is 36.6 Å². The number of para-hydroxylation sites is 2. The first-order valence-corrected chi connectivity index (χ1v) is 9.63. The van der Waals surface area contributed by atoms with E-state index in [0.29, 0.717) is 43.7 Å². The Hall–Kier alpha value is -2.28. The van der Waals surface area contributed by atoms with E-state index in [0.717, 1.165) is 10.7 Å². The van der Waals surface area contributed by atoms with Crippen LogP contribution in [0.5, 0.6) is 11.5 Å². The van der Waals surface area contributed by atoms with Crippen LogP contribution in [0.2, 0.25) is 0 Å². The normalized spacial score (nSPS) is 10.7. The number of carbonyl (C=O) groups is 1. The van der Waals surface area contributed by atoms with E-state index < -0.39 is 0 Å². The van der Waals surface area contributed by atoms with Crippen molar-refractivity contribution in [2.45, 2.75) is 33.9 Å². The molecule has 2 amide bonds. The van der Waals surface area contributed by atoms with Crippen LogP contribution in [0.15, 0.2) is 29.6 Å². The van der Waals surface area contributed by atoms with Gasteiger partial charge in [0.2, 0.25) is 0 Å². The van der Waals surface area contributed by atoms with Crippen LogP contribution in [-0.4, -0.2) is 36.1 Å². The largest absolute Gasteiger partial charge is 0.493 e. The fourth-order valence-corrected chi connectivity index (χ4v) is 3.18. The average molecular weight is 378 g/mol. The van der Waals surface area contributed by atoms with Gasteiger partial charge < -0.3 is 19.7 Å². The third-order valence-electron chi connectivity index (χ3n) is 3.57. The lowest BCUT2D eigenvalue weighted by molar-refractivity contribution is 0.187. The van der Waals surface area contributed by atoms with Gasteiger partial charge in [-0.05, 0) is 25.0 Å². The molecular weight excluding hydrogens is 350 g/mol. The van der Waals surface area contributed by atoms with E-state index in [1.54, 1.807) is 12.0 Å². The van der Waals surface area contributed by atoms with Crippen molar-refractivity contribution in [2.24, 2.45) is 5.92 Å². The Morgan fingerprint density at radius 3 is 2.69 bits per heavy atom. The summed E-state index contributed by atoms with van der Waals surface area (Å²) >= 11 is 1.53. The summed E-state index contributed by atoms with van der Waals surface area (Å²) in [5.41, 5.74) is 0.875. The molecule has 6 nitrogen and oxygen atoms in total. The highest BCUT2D eigenvalue weighted by molar-refractivity contribution is 7.09. The number of hydrogen-bond donors (Lipinski definition) is 1. The molecule has 0 aliphatic carbocycles. The van der Waals surface area contributed by atoms with Gasteiger partial charge in [-0.3, -0.25) is 0 Å². The zero-order valence-electron chi connectivity index (χ0n) is 15.8. The van der Waals surface area contributed by atoms with Crippen LogP contribution in [0.1, 0.15) is 31.5 Å². The number of nitrogens with one attached hydrogen (secondary N) is 1. The summed E-state index contributed by atoms with van der Waals surface area (Å²) in [6.07, 6.45) is 0. The topological polar surface area (TPSA) is 63.7 Å². The molecule has 0 atom stereocenters. The van der Waals surface area contributed by atoms with Crippen LogP contribution in [0, 0.1) is 5.92 Å². The first-order chi connectivity index (χ1) is 12.5. The Labute approximate surface area is 159 Å². The first-order valence-electron chi connectivity index (χ1n) is 8.75. The third kappa shape index (κ3) is 5.91. The number of methoxy groups -OCH3 is 1. The Morgan fingerprint density at radius 2 is 2.04 bits per heavy atom. The van der Waals surface area contributed by atoms with Gasteiger partial charge in [-0.2, -0.15) is 0 Å². The summed E-state index contributed by atoms with van der Waals surface area (Å²) in [5.74, 6) is 1.78. The minimum absolute atomic E-state index is 0.0546. The zero-order chi connectivity index (χ0) is 18.9. The predicted molar refractivity (Wildman–Crippen MR) is 104 cm³/mol. The van der Waals surface area contributed by atoms with Crippen molar-refractivity contribution >= 4 is 17.4 Å². The van der Waals surface area contributed by atoms with Crippen LogP contribution < -0.4 is 14.8 Å². The van der Waals surface area contributed by atoms with Gasteiger partial charge in [0.25, 0.3) is 0 Å². The first kappa shape index (κ1) is 20.0. The number of ether oxygens (including phenoxy) is 2. The Morgan fingerprint density at radius 1 is 1.31 bits per heavy atom. The molecule has 1 heterocycles. The van der Waals surface area contributed by atoms with Crippen molar-refractivity contribution in [1.29, 1.82) is 0 Å². The molecule has 26 heavy (non-hydrogen) atoms. The zero-order valence-corrected chi connectivity index (χ0v) is 16.6. The van der Waals surface area contributed by atoms with Gasteiger partial charge in [0, 0.05) is 18.5 Å². The Bertz CT molecular complexity index is 703. The number of hydrogen-bond acceptors (Lipinski definition) is 5. The summed E-state index contributed by atoms with van der Waals surface area (Å²) in [5, 5.41) is 5.71. The van der Waals surface area contributed by atoms with Gasteiger partial charge in [0.05, 0.1) is 19.3 Å². The minimum Gasteiger partial charge on any atom is -0.493 e. The second-order valence-corrected chi connectivity index (χ2v) is 7.22. The molecular formula is C19H27N3O3S. The third-order valence-corrected chi connectivity index (χ3v) is 4.44. The van der Waals surface area contributed by atoms with Gasteiger partial charge >= 0.3 is 6.03 Å². The second kappa shape index (κ2) is 10.0. The molecule has 0 unspecified atom stereocenters. The maximum absolute atomic E-state index is 12.2. The van der Waals surface area contributed by atoms with Crippen LogP contribution in [0.3, 0.4) is 0 Å². The molecule has 0 saturated carbocycles. The lowest BCUT2D eigenvalue weighted by atomic mass is 10.2. The number of urea groups is 1. The maximum atomic E-state index is 12.2. The smallest absolute Gasteiger partial charge is 0.317 e. The second-order valence-electron chi connectivity index (χ2n) is 6.28. The summed E-state index contributed by atoms with van der Waals surface area (Å²) in [7, 11) is 1.62. The van der Waals surface area contributed by atoms with Crippen molar-refractivity contribution in [3.8, 4) is 11.5 Å². The van der Waals surface area contributed by atoms with Gasteiger partial charge in [-0.25, -0.2) is 9.78 Å². The SMILES string of the molecule is CCNC(=O)N(Cc1csc(COc2ccccc2OC)n1)CC(C)C. The van der Waals surface area contributed by atoms with Crippen LogP contribution >= 0.6 is 11.3 Å². The molecule has 0 aliphatic heterocycles. The molecule has 1 aromatic heterocycles. The highest BCUT2D eigenvalue weighted by atomic mass is 32.1. The number of rotatable bonds is 9. The molecule has 2 aromatic rings. The number of nitrogens with zero attached hydrogens (tertiary/aromatic N) is 2. The Balaban J connectivity index is 1.98. The van der Waals surface area contributed by atoms with Gasteiger partial charge in [0.15, 0.2) is 11.5 Å². The summed E-state index contributed by atoms with van der Waals surface area (Å²) < 4.78 is 11.1. The van der Waals surface area contributed by atoms with Crippen LogP contribution in [0.25, 0.3) is 0 Å². The highest BCUT2D eigenvalue weighted by Crippen LogP contribution is 2.27. The summed E-state index contributed by atoms with van der Waals surface area (Å²) in [6.45, 7) is 8.28. The summed E-state index contributed by atoms with van der Waals surface area (Å²) in [4.78, 5) is 18.6.